The molecule has 0 saturated carbocycles. The van der Waals surface area contributed by atoms with Crippen molar-refractivity contribution in [2.75, 3.05) is 5.32 Å². The van der Waals surface area contributed by atoms with Gasteiger partial charge in [0.05, 0.1) is 23.8 Å². The number of rotatable bonds is 4. The molecule has 0 aliphatic carbocycles. The number of nitrogens with one attached hydrogen (secondary N) is 1. The summed E-state index contributed by atoms with van der Waals surface area (Å²) in [6.45, 7) is 1.76. The molecule has 0 fully saturated rings. The molecule has 1 aromatic rings. The Morgan fingerprint density at radius 1 is 1.62 bits per heavy atom. The summed E-state index contributed by atoms with van der Waals surface area (Å²) in [5.74, 6) is -1.06. The Morgan fingerprint density at radius 3 is 2.69 bits per heavy atom. The normalized spacial score (nSPS) is 12.2. The highest BCUT2D eigenvalue weighted by Gasteiger charge is 2.17. The molecule has 0 saturated heterocycles. The summed E-state index contributed by atoms with van der Waals surface area (Å²) in [6.07, 6.45) is 1.48. The zero-order valence-corrected chi connectivity index (χ0v) is 9.23. The summed E-state index contributed by atoms with van der Waals surface area (Å²) in [7, 11) is 1.74. The van der Waals surface area contributed by atoms with E-state index in [1.165, 1.54) is 0 Å². The maximum Gasteiger partial charge on any atom is 0.241 e. The number of primary amides is 1. The molecule has 1 heterocycles. The highest BCUT2D eigenvalue weighted by molar-refractivity contribution is 5.97. The summed E-state index contributed by atoms with van der Waals surface area (Å²) in [6, 6.07) is -0.933. The molecule has 1 unspecified atom stereocenters. The first-order valence-electron chi connectivity index (χ1n) is 4.75. The van der Waals surface area contributed by atoms with Crippen LogP contribution in [-0.2, 0) is 16.6 Å². The van der Waals surface area contributed by atoms with Gasteiger partial charge < -0.3 is 16.8 Å². The average Bonchev–Trinajstić information content (AvgIpc) is 2.43. The lowest BCUT2D eigenvalue weighted by atomic mass is 10.2. The number of hydrogen-bond acceptors (Lipinski definition) is 4. The third-order valence-corrected chi connectivity index (χ3v) is 2.03. The molecular weight excluding hydrogens is 210 g/mol. The largest absolute Gasteiger partial charge is 0.370 e. The standard InChI is InChI=1S/C9H15N5O2/c1-5-7(4-14(2)13-5)12-9(16)6(10)3-8(11)15/h4,6H,3,10H2,1-2H3,(H2,11,15)(H,12,16). The van der Waals surface area contributed by atoms with E-state index in [0.717, 1.165) is 0 Å². The molecule has 5 N–H and O–H groups in total. The second kappa shape index (κ2) is 4.75. The van der Waals surface area contributed by atoms with Crippen LogP contribution in [0, 0.1) is 6.92 Å². The van der Waals surface area contributed by atoms with Gasteiger partial charge in [0.1, 0.15) is 0 Å². The fourth-order valence-corrected chi connectivity index (χ4v) is 1.26. The molecule has 1 atom stereocenters. The maximum absolute atomic E-state index is 11.5. The first-order chi connectivity index (χ1) is 7.40. The van der Waals surface area contributed by atoms with E-state index in [9.17, 15) is 9.59 Å². The van der Waals surface area contributed by atoms with Gasteiger partial charge in [-0.2, -0.15) is 5.10 Å². The smallest absolute Gasteiger partial charge is 0.241 e. The van der Waals surface area contributed by atoms with Crippen LogP contribution in [-0.4, -0.2) is 27.6 Å². The third-order valence-electron chi connectivity index (χ3n) is 2.03. The molecule has 16 heavy (non-hydrogen) atoms. The van der Waals surface area contributed by atoms with Gasteiger partial charge in [-0.3, -0.25) is 14.3 Å². The summed E-state index contributed by atoms with van der Waals surface area (Å²) in [5.41, 5.74) is 11.7. The van der Waals surface area contributed by atoms with E-state index in [1.807, 2.05) is 0 Å². The molecule has 0 radical (unpaired) electrons. The van der Waals surface area contributed by atoms with E-state index in [0.29, 0.717) is 11.4 Å². The van der Waals surface area contributed by atoms with Crippen molar-refractivity contribution in [1.82, 2.24) is 9.78 Å². The third kappa shape index (κ3) is 3.06. The molecule has 0 bridgehead atoms. The van der Waals surface area contributed by atoms with E-state index in [2.05, 4.69) is 10.4 Å². The Bertz CT molecular complexity index is 412. The highest BCUT2D eigenvalue weighted by Crippen LogP contribution is 2.11. The Kier molecular flexibility index (Phi) is 3.62. The second-order valence-electron chi connectivity index (χ2n) is 3.57. The number of aromatic nitrogens is 2. The summed E-state index contributed by atoms with van der Waals surface area (Å²) >= 11 is 0. The molecule has 2 amide bonds. The molecule has 7 nitrogen and oxygen atoms in total. The zero-order valence-electron chi connectivity index (χ0n) is 9.23. The minimum absolute atomic E-state index is 0.175. The van der Waals surface area contributed by atoms with Crippen molar-refractivity contribution in [3.05, 3.63) is 11.9 Å². The van der Waals surface area contributed by atoms with Crippen LogP contribution in [0.2, 0.25) is 0 Å². The highest BCUT2D eigenvalue weighted by atomic mass is 16.2. The fraction of sp³-hybridized carbons (Fsp3) is 0.444. The molecule has 88 valence electrons. The number of hydrogen-bond donors (Lipinski definition) is 3. The number of amides is 2. The lowest BCUT2D eigenvalue weighted by Crippen LogP contribution is -2.39. The molecule has 7 heteroatoms. The van der Waals surface area contributed by atoms with Crippen molar-refractivity contribution >= 4 is 17.5 Å². The van der Waals surface area contributed by atoms with E-state index < -0.39 is 17.9 Å². The van der Waals surface area contributed by atoms with Crippen molar-refractivity contribution in [3.63, 3.8) is 0 Å². The number of anilines is 1. The molecule has 1 aromatic heterocycles. The Labute approximate surface area is 92.8 Å². The lowest BCUT2D eigenvalue weighted by molar-refractivity contribution is -0.123. The summed E-state index contributed by atoms with van der Waals surface area (Å²) in [5, 5.41) is 6.64. The molecule has 1 rings (SSSR count). The van der Waals surface area contributed by atoms with Crippen molar-refractivity contribution in [3.8, 4) is 0 Å². The molecule has 0 aromatic carbocycles. The van der Waals surface area contributed by atoms with Crippen molar-refractivity contribution in [2.45, 2.75) is 19.4 Å². The summed E-state index contributed by atoms with van der Waals surface area (Å²) in [4.78, 5) is 22.1. The minimum Gasteiger partial charge on any atom is -0.370 e. The summed E-state index contributed by atoms with van der Waals surface area (Å²) < 4.78 is 1.57. The minimum atomic E-state index is -0.933. The van der Waals surface area contributed by atoms with Crippen LogP contribution in [0.5, 0.6) is 0 Å². The number of nitrogens with two attached hydrogens (primary N) is 2. The number of aryl methyl sites for hydroxylation is 2. The van der Waals surface area contributed by atoms with Gasteiger partial charge in [-0.25, -0.2) is 0 Å². The van der Waals surface area contributed by atoms with E-state index >= 15 is 0 Å². The predicted octanol–water partition coefficient (Wildman–Crippen LogP) is -1.13. The Hall–Kier alpha value is -1.89. The molecule has 0 aliphatic rings. The Morgan fingerprint density at radius 2 is 2.25 bits per heavy atom. The predicted molar refractivity (Wildman–Crippen MR) is 58.4 cm³/mol. The zero-order chi connectivity index (χ0) is 12.3. The van der Waals surface area contributed by atoms with Gasteiger partial charge in [-0.05, 0) is 6.92 Å². The van der Waals surface area contributed by atoms with E-state index in [1.54, 1.807) is 24.9 Å². The van der Waals surface area contributed by atoms with E-state index in [-0.39, 0.29) is 6.42 Å². The van der Waals surface area contributed by atoms with Crippen LogP contribution in [0.4, 0.5) is 5.69 Å². The van der Waals surface area contributed by atoms with Gasteiger partial charge in [0.2, 0.25) is 11.8 Å². The van der Waals surface area contributed by atoms with Crippen LogP contribution < -0.4 is 16.8 Å². The van der Waals surface area contributed by atoms with Crippen molar-refractivity contribution in [1.29, 1.82) is 0 Å². The maximum atomic E-state index is 11.5. The van der Waals surface area contributed by atoms with Crippen molar-refractivity contribution < 1.29 is 9.59 Å². The van der Waals surface area contributed by atoms with Crippen LogP contribution in [0.3, 0.4) is 0 Å². The quantitative estimate of drug-likeness (QED) is 0.601. The first-order valence-corrected chi connectivity index (χ1v) is 4.75. The van der Waals surface area contributed by atoms with Crippen LogP contribution >= 0.6 is 0 Å². The molecule has 0 spiro atoms. The number of carbonyl (C=O) groups is 2. The first kappa shape index (κ1) is 12.2. The van der Waals surface area contributed by atoms with Crippen LogP contribution in [0.25, 0.3) is 0 Å². The van der Waals surface area contributed by atoms with Crippen molar-refractivity contribution in [2.24, 2.45) is 18.5 Å². The van der Waals surface area contributed by atoms with Gasteiger partial charge in [0.25, 0.3) is 0 Å². The van der Waals surface area contributed by atoms with Crippen LogP contribution in [0.15, 0.2) is 6.20 Å². The van der Waals surface area contributed by atoms with Crippen LogP contribution in [0.1, 0.15) is 12.1 Å². The Balaban J connectivity index is 2.64. The van der Waals surface area contributed by atoms with Gasteiger partial charge in [-0.1, -0.05) is 0 Å². The fourth-order valence-electron chi connectivity index (χ4n) is 1.26. The second-order valence-corrected chi connectivity index (χ2v) is 3.57. The topological polar surface area (TPSA) is 116 Å². The lowest BCUT2D eigenvalue weighted by Gasteiger charge is -2.09. The number of carbonyl (C=O) groups excluding carboxylic acids is 2. The molecule has 0 aliphatic heterocycles. The van der Waals surface area contributed by atoms with E-state index in [4.69, 9.17) is 11.5 Å². The van der Waals surface area contributed by atoms with Gasteiger partial charge >= 0.3 is 0 Å². The number of nitrogens with zero attached hydrogens (tertiary/aromatic N) is 2. The van der Waals surface area contributed by atoms with Gasteiger partial charge in [0.15, 0.2) is 0 Å². The average molecular weight is 225 g/mol. The van der Waals surface area contributed by atoms with Gasteiger partial charge in [-0.15, -0.1) is 0 Å². The molecular formula is C9H15N5O2. The SMILES string of the molecule is Cc1nn(C)cc1NC(=O)C(N)CC(N)=O. The monoisotopic (exact) mass is 225 g/mol. The van der Waals surface area contributed by atoms with Gasteiger partial charge in [0, 0.05) is 13.2 Å².